The van der Waals surface area contributed by atoms with E-state index in [2.05, 4.69) is 10.3 Å². The third-order valence-electron chi connectivity index (χ3n) is 4.38. The third kappa shape index (κ3) is 3.24. The quantitative estimate of drug-likeness (QED) is 0.731. The van der Waals surface area contributed by atoms with Crippen molar-refractivity contribution in [3.63, 3.8) is 0 Å². The van der Waals surface area contributed by atoms with Crippen molar-refractivity contribution in [2.45, 2.75) is 13.0 Å². The van der Waals surface area contributed by atoms with Crippen LogP contribution in [-0.2, 0) is 13.0 Å². The van der Waals surface area contributed by atoms with E-state index in [1.54, 1.807) is 25.4 Å². The van der Waals surface area contributed by atoms with Gasteiger partial charge in [-0.05, 0) is 53.6 Å². The van der Waals surface area contributed by atoms with Gasteiger partial charge in [0.2, 0.25) is 0 Å². The van der Waals surface area contributed by atoms with Gasteiger partial charge in [0.1, 0.15) is 11.5 Å². The number of hydrogen-bond acceptors (Lipinski definition) is 5. The highest BCUT2D eigenvalue weighted by atomic mass is 16.5. The minimum Gasteiger partial charge on any atom is -0.508 e. The summed E-state index contributed by atoms with van der Waals surface area (Å²) in [7, 11) is 1.65. The Bertz CT molecular complexity index is 982. The number of aromatic nitrogens is 1. The number of rotatable bonds is 5. The molecule has 0 unspecified atom stereocenters. The van der Waals surface area contributed by atoms with Crippen molar-refractivity contribution >= 4 is 17.1 Å². The normalized spacial score (nSPS) is 12.4. The minimum atomic E-state index is 0.260. The van der Waals surface area contributed by atoms with Crippen LogP contribution in [0, 0.1) is 0 Å². The fraction of sp³-hybridized carbons (Fsp3) is 0.143. The Balaban J connectivity index is 1.58. The summed E-state index contributed by atoms with van der Waals surface area (Å²) in [5, 5.41) is 13.0. The van der Waals surface area contributed by atoms with Crippen LogP contribution in [0.1, 0.15) is 16.8 Å². The molecule has 5 nitrogen and oxygen atoms in total. The molecule has 0 atom stereocenters. The van der Waals surface area contributed by atoms with E-state index in [0.717, 1.165) is 46.1 Å². The van der Waals surface area contributed by atoms with Crippen LogP contribution >= 0.6 is 0 Å². The first-order chi connectivity index (χ1) is 12.7. The van der Waals surface area contributed by atoms with Crippen molar-refractivity contribution in [3.05, 3.63) is 77.6 Å². The summed E-state index contributed by atoms with van der Waals surface area (Å²) in [6.45, 7) is 0.586. The smallest absolute Gasteiger partial charge is 0.142 e. The molecule has 0 spiro atoms. The van der Waals surface area contributed by atoms with Crippen LogP contribution in [0.3, 0.4) is 0 Å². The van der Waals surface area contributed by atoms with Gasteiger partial charge in [-0.15, -0.1) is 0 Å². The Morgan fingerprint density at radius 1 is 1.12 bits per heavy atom. The molecule has 0 amide bonds. The SMILES string of the molecule is COc1ccc(C2=Nc3cccnc3C2)cc1NCc1cccc(O)c1. The van der Waals surface area contributed by atoms with Crippen LogP contribution in [0.25, 0.3) is 0 Å². The zero-order valence-electron chi connectivity index (χ0n) is 14.4. The molecule has 2 N–H and O–H groups in total. The third-order valence-corrected chi connectivity index (χ3v) is 4.38. The Morgan fingerprint density at radius 3 is 2.85 bits per heavy atom. The second-order valence-electron chi connectivity index (χ2n) is 6.14. The minimum absolute atomic E-state index is 0.260. The second-order valence-corrected chi connectivity index (χ2v) is 6.14. The monoisotopic (exact) mass is 345 g/mol. The largest absolute Gasteiger partial charge is 0.508 e. The van der Waals surface area contributed by atoms with Gasteiger partial charge >= 0.3 is 0 Å². The number of nitrogens with one attached hydrogen (secondary N) is 1. The first-order valence-electron chi connectivity index (χ1n) is 8.44. The summed E-state index contributed by atoms with van der Waals surface area (Å²) in [5.41, 5.74) is 5.87. The zero-order chi connectivity index (χ0) is 17.9. The Hall–Kier alpha value is -3.34. The van der Waals surface area contributed by atoms with Crippen LogP contribution in [0.4, 0.5) is 11.4 Å². The lowest BCUT2D eigenvalue weighted by Crippen LogP contribution is -2.05. The maximum Gasteiger partial charge on any atom is 0.142 e. The molecule has 130 valence electrons. The van der Waals surface area contributed by atoms with Gasteiger partial charge in [0, 0.05) is 19.2 Å². The van der Waals surface area contributed by atoms with Gasteiger partial charge in [-0.25, -0.2) is 0 Å². The van der Waals surface area contributed by atoms with Crippen LogP contribution < -0.4 is 10.1 Å². The van der Waals surface area contributed by atoms with Crippen molar-refractivity contribution < 1.29 is 9.84 Å². The van der Waals surface area contributed by atoms with Gasteiger partial charge in [0.15, 0.2) is 0 Å². The van der Waals surface area contributed by atoms with E-state index in [9.17, 15) is 5.11 Å². The van der Waals surface area contributed by atoms with E-state index in [0.29, 0.717) is 6.54 Å². The van der Waals surface area contributed by atoms with E-state index < -0.39 is 0 Å². The Labute approximate surface area is 152 Å². The molecule has 26 heavy (non-hydrogen) atoms. The average molecular weight is 345 g/mol. The predicted molar refractivity (Wildman–Crippen MR) is 103 cm³/mol. The molecule has 0 radical (unpaired) electrons. The molecular weight excluding hydrogens is 326 g/mol. The van der Waals surface area contributed by atoms with E-state index in [1.165, 1.54) is 0 Å². The molecule has 0 bridgehead atoms. The highest BCUT2D eigenvalue weighted by Gasteiger charge is 2.18. The zero-order valence-corrected chi connectivity index (χ0v) is 14.4. The van der Waals surface area contributed by atoms with Crippen LogP contribution in [0.5, 0.6) is 11.5 Å². The van der Waals surface area contributed by atoms with E-state index in [4.69, 9.17) is 9.73 Å². The van der Waals surface area contributed by atoms with Crippen LogP contribution in [0.2, 0.25) is 0 Å². The summed E-state index contributed by atoms with van der Waals surface area (Å²) < 4.78 is 5.47. The molecule has 1 aromatic heterocycles. The van der Waals surface area contributed by atoms with Gasteiger partial charge in [0.05, 0.1) is 29.9 Å². The standard InChI is InChI=1S/C21H19N3O2/c1-26-21-8-7-15(18-12-19-17(24-18)6-3-9-22-19)11-20(21)23-13-14-4-2-5-16(25)10-14/h2-11,23,25H,12-13H2,1H3. The van der Waals surface area contributed by atoms with Crippen LogP contribution in [0.15, 0.2) is 65.8 Å². The van der Waals surface area contributed by atoms with Gasteiger partial charge in [-0.3, -0.25) is 9.98 Å². The van der Waals surface area contributed by atoms with Crippen molar-refractivity contribution in [3.8, 4) is 11.5 Å². The van der Waals surface area contributed by atoms with Crippen molar-refractivity contribution in [2.75, 3.05) is 12.4 Å². The summed E-state index contributed by atoms with van der Waals surface area (Å²) in [5.74, 6) is 1.03. The highest BCUT2D eigenvalue weighted by molar-refractivity contribution is 6.06. The molecule has 0 saturated heterocycles. The summed E-state index contributed by atoms with van der Waals surface area (Å²) in [4.78, 5) is 9.10. The number of fused-ring (bicyclic) bond motifs is 1. The van der Waals surface area contributed by atoms with Gasteiger partial charge in [-0.1, -0.05) is 12.1 Å². The molecule has 0 aliphatic carbocycles. The summed E-state index contributed by atoms with van der Waals surface area (Å²) in [6.07, 6.45) is 2.53. The number of pyridine rings is 1. The molecule has 5 heteroatoms. The lowest BCUT2D eigenvalue weighted by Gasteiger charge is -2.13. The Kier molecular flexibility index (Phi) is 4.27. The van der Waals surface area contributed by atoms with Gasteiger partial charge in [0.25, 0.3) is 0 Å². The maximum atomic E-state index is 9.61. The number of phenols is 1. The first-order valence-corrected chi connectivity index (χ1v) is 8.44. The molecule has 1 aliphatic heterocycles. The van der Waals surface area contributed by atoms with Crippen molar-refractivity contribution in [1.82, 2.24) is 4.98 Å². The number of aliphatic imine (C=N–C) groups is 1. The highest BCUT2D eigenvalue weighted by Crippen LogP contribution is 2.31. The van der Waals surface area contributed by atoms with E-state index in [1.807, 2.05) is 42.5 Å². The summed E-state index contributed by atoms with van der Waals surface area (Å²) in [6, 6.07) is 17.1. The number of nitrogens with zero attached hydrogens (tertiary/aromatic N) is 2. The number of hydrogen-bond donors (Lipinski definition) is 2. The topological polar surface area (TPSA) is 66.7 Å². The lowest BCUT2D eigenvalue weighted by atomic mass is 10.1. The number of benzene rings is 2. The number of ether oxygens (including phenoxy) is 1. The Morgan fingerprint density at radius 2 is 2.04 bits per heavy atom. The molecule has 1 aliphatic rings. The molecule has 0 saturated carbocycles. The molecule has 4 rings (SSSR count). The van der Waals surface area contributed by atoms with Crippen molar-refractivity contribution in [1.29, 1.82) is 0 Å². The maximum absolute atomic E-state index is 9.61. The fourth-order valence-corrected chi connectivity index (χ4v) is 3.07. The number of phenolic OH excluding ortho intramolecular Hbond substituents is 1. The second kappa shape index (κ2) is 6.88. The van der Waals surface area contributed by atoms with E-state index >= 15 is 0 Å². The van der Waals surface area contributed by atoms with Gasteiger partial charge < -0.3 is 15.2 Å². The van der Waals surface area contributed by atoms with E-state index in [-0.39, 0.29) is 5.75 Å². The number of aromatic hydroxyl groups is 1. The molecule has 2 aromatic carbocycles. The number of anilines is 1. The molecular formula is C21H19N3O2. The molecule has 2 heterocycles. The van der Waals surface area contributed by atoms with Crippen LogP contribution in [-0.4, -0.2) is 22.9 Å². The predicted octanol–water partition coefficient (Wildman–Crippen LogP) is 4.08. The van der Waals surface area contributed by atoms with Gasteiger partial charge in [-0.2, -0.15) is 0 Å². The molecule has 0 fully saturated rings. The fourth-order valence-electron chi connectivity index (χ4n) is 3.07. The number of methoxy groups -OCH3 is 1. The molecule has 3 aromatic rings. The summed E-state index contributed by atoms with van der Waals surface area (Å²) >= 11 is 0. The van der Waals surface area contributed by atoms with Crippen molar-refractivity contribution in [2.24, 2.45) is 4.99 Å². The first kappa shape index (κ1) is 16.1. The average Bonchev–Trinajstić information content (AvgIpc) is 3.10. The lowest BCUT2D eigenvalue weighted by molar-refractivity contribution is 0.416.